The van der Waals surface area contributed by atoms with Crippen molar-refractivity contribution in [2.75, 3.05) is 6.61 Å². The number of hydrogen-bond donors (Lipinski definition) is 1. The summed E-state index contributed by atoms with van der Waals surface area (Å²) in [6.07, 6.45) is 2.23. The Morgan fingerprint density at radius 1 is 1.00 bits per heavy atom. The van der Waals surface area contributed by atoms with E-state index in [1.165, 1.54) is 17.5 Å². The van der Waals surface area contributed by atoms with Crippen molar-refractivity contribution in [3.05, 3.63) is 35.4 Å². The van der Waals surface area contributed by atoms with Gasteiger partial charge in [-0.1, -0.05) is 52.0 Å². The van der Waals surface area contributed by atoms with Gasteiger partial charge >= 0.3 is 0 Å². The Kier molecular flexibility index (Phi) is 5.70. The molecule has 1 nitrogen and oxygen atoms in total. The summed E-state index contributed by atoms with van der Waals surface area (Å²) in [4.78, 5) is 0. The Morgan fingerprint density at radius 2 is 1.53 bits per heavy atom. The van der Waals surface area contributed by atoms with E-state index in [9.17, 15) is 5.11 Å². The fraction of sp³-hybridized carbons (Fsp3) is 0.625. The predicted molar refractivity (Wildman–Crippen MR) is 74.4 cm³/mol. The molecule has 1 N–H and O–H groups in total. The molecule has 0 saturated heterocycles. The standard InChI is InChI=1S/C16H26O/c1-5-13(4)14-6-8-15(9-7-14)16(11-17)10-12(2)3/h6-9,12-13,16-17H,5,10-11H2,1-4H3. The molecule has 96 valence electrons. The quantitative estimate of drug-likeness (QED) is 0.777. The minimum Gasteiger partial charge on any atom is -0.396 e. The molecular formula is C16H26O. The molecule has 0 saturated carbocycles. The predicted octanol–water partition coefficient (Wildman–Crippen LogP) is 4.32. The maximum absolute atomic E-state index is 9.45. The Morgan fingerprint density at radius 3 is 1.94 bits per heavy atom. The molecule has 2 atom stereocenters. The molecular weight excluding hydrogens is 208 g/mol. The van der Waals surface area contributed by atoms with Crippen LogP contribution in [0.5, 0.6) is 0 Å². The molecule has 0 radical (unpaired) electrons. The first-order valence-corrected chi connectivity index (χ1v) is 6.79. The summed E-state index contributed by atoms with van der Waals surface area (Å²) < 4.78 is 0. The van der Waals surface area contributed by atoms with Crippen LogP contribution in [0.15, 0.2) is 24.3 Å². The minimum atomic E-state index is 0.251. The van der Waals surface area contributed by atoms with Crippen molar-refractivity contribution in [3.63, 3.8) is 0 Å². The van der Waals surface area contributed by atoms with Crippen LogP contribution in [0.1, 0.15) is 63.5 Å². The summed E-state index contributed by atoms with van der Waals surface area (Å²) in [5.74, 6) is 1.55. The highest BCUT2D eigenvalue weighted by Gasteiger charge is 2.12. The van der Waals surface area contributed by atoms with Gasteiger partial charge in [-0.15, -0.1) is 0 Å². The topological polar surface area (TPSA) is 20.2 Å². The van der Waals surface area contributed by atoms with Crippen LogP contribution >= 0.6 is 0 Å². The van der Waals surface area contributed by atoms with E-state index in [2.05, 4.69) is 52.0 Å². The molecule has 0 bridgehead atoms. The molecule has 0 aromatic heterocycles. The normalized spacial score (nSPS) is 14.9. The lowest BCUT2D eigenvalue weighted by molar-refractivity contribution is 0.249. The summed E-state index contributed by atoms with van der Waals surface area (Å²) in [5.41, 5.74) is 2.67. The number of hydrogen-bond acceptors (Lipinski definition) is 1. The third kappa shape index (κ3) is 4.16. The van der Waals surface area contributed by atoms with E-state index in [1.807, 2.05) is 0 Å². The zero-order valence-corrected chi connectivity index (χ0v) is 11.6. The summed E-state index contributed by atoms with van der Waals surface area (Å²) in [5, 5.41) is 9.45. The van der Waals surface area contributed by atoms with E-state index in [0.29, 0.717) is 17.8 Å². The van der Waals surface area contributed by atoms with Gasteiger partial charge in [0, 0.05) is 12.5 Å². The maximum atomic E-state index is 9.45. The molecule has 0 fully saturated rings. The summed E-state index contributed by atoms with van der Waals surface area (Å²) in [6.45, 7) is 9.13. The van der Waals surface area contributed by atoms with Crippen LogP contribution in [0.25, 0.3) is 0 Å². The van der Waals surface area contributed by atoms with Crippen LogP contribution in [0.4, 0.5) is 0 Å². The first-order valence-electron chi connectivity index (χ1n) is 6.79. The van der Waals surface area contributed by atoms with Crippen molar-refractivity contribution in [2.45, 2.75) is 52.4 Å². The Labute approximate surface area is 106 Å². The van der Waals surface area contributed by atoms with Crippen LogP contribution in [0.2, 0.25) is 0 Å². The highest BCUT2D eigenvalue weighted by molar-refractivity contribution is 5.27. The molecule has 1 aromatic rings. The molecule has 2 unspecified atom stereocenters. The number of aliphatic hydroxyl groups is 1. The fourth-order valence-corrected chi connectivity index (χ4v) is 2.22. The Balaban J connectivity index is 2.77. The molecule has 0 heterocycles. The van der Waals surface area contributed by atoms with Gasteiger partial charge in [-0.05, 0) is 35.8 Å². The summed E-state index contributed by atoms with van der Waals surface area (Å²) >= 11 is 0. The van der Waals surface area contributed by atoms with Gasteiger partial charge in [-0.25, -0.2) is 0 Å². The lowest BCUT2D eigenvalue weighted by atomic mass is 9.89. The third-order valence-electron chi connectivity index (χ3n) is 3.57. The zero-order valence-electron chi connectivity index (χ0n) is 11.6. The SMILES string of the molecule is CCC(C)c1ccc(C(CO)CC(C)C)cc1. The van der Waals surface area contributed by atoms with E-state index in [0.717, 1.165) is 6.42 Å². The van der Waals surface area contributed by atoms with Crippen molar-refractivity contribution in [3.8, 4) is 0 Å². The molecule has 0 aliphatic carbocycles. The van der Waals surface area contributed by atoms with E-state index >= 15 is 0 Å². The summed E-state index contributed by atoms with van der Waals surface area (Å²) in [6, 6.07) is 8.80. The largest absolute Gasteiger partial charge is 0.396 e. The number of benzene rings is 1. The van der Waals surface area contributed by atoms with Gasteiger partial charge in [0.1, 0.15) is 0 Å². The second-order valence-electron chi connectivity index (χ2n) is 5.49. The Hall–Kier alpha value is -0.820. The van der Waals surface area contributed by atoms with Crippen LogP contribution in [0, 0.1) is 5.92 Å². The fourth-order valence-electron chi connectivity index (χ4n) is 2.22. The first-order chi connectivity index (χ1) is 8.08. The van der Waals surface area contributed by atoms with Crippen molar-refractivity contribution in [1.82, 2.24) is 0 Å². The van der Waals surface area contributed by atoms with Crippen LogP contribution in [-0.2, 0) is 0 Å². The van der Waals surface area contributed by atoms with Crippen molar-refractivity contribution in [2.24, 2.45) is 5.92 Å². The monoisotopic (exact) mass is 234 g/mol. The van der Waals surface area contributed by atoms with Gasteiger partial charge in [-0.3, -0.25) is 0 Å². The van der Waals surface area contributed by atoms with E-state index < -0.39 is 0 Å². The van der Waals surface area contributed by atoms with E-state index in [4.69, 9.17) is 0 Å². The average Bonchev–Trinajstić information content (AvgIpc) is 2.35. The minimum absolute atomic E-state index is 0.251. The molecule has 0 aliphatic heterocycles. The number of aliphatic hydroxyl groups excluding tert-OH is 1. The van der Waals surface area contributed by atoms with E-state index in [1.54, 1.807) is 0 Å². The number of rotatable bonds is 6. The molecule has 1 aromatic carbocycles. The van der Waals surface area contributed by atoms with Gasteiger partial charge in [0.05, 0.1) is 0 Å². The van der Waals surface area contributed by atoms with E-state index in [-0.39, 0.29) is 6.61 Å². The maximum Gasteiger partial charge on any atom is 0.0499 e. The van der Waals surface area contributed by atoms with Gasteiger partial charge in [0.15, 0.2) is 0 Å². The molecule has 0 spiro atoms. The lowest BCUT2D eigenvalue weighted by Crippen LogP contribution is -2.07. The smallest absolute Gasteiger partial charge is 0.0499 e. The lowest BCUT2D eigenvalue weighted by Gasteiger charge is -2.18. The van der Waals surface area contributed by atoms with Crippen molar-refractivity contribution in [1.29, 1.82) is 0 Å². The highest BCUT2D eigenvalue weighted by atomic mass is 16.3. The van der Waals surface area contributed by atoms with Gasteiger partial charge in [0.25, 0.3) is 0 Å². The summed E-state index contributed by atoms with van der Waals surface area (Å²) in [7, 11) is 0. The van der Waals surface area contributed by atoms with Gasteiger partial charge in [-0.2, -0.15) is 0 Å². The molecule has 0 aliphatic rings. The average molecular weight is 234 g/mol. The first kappa shape index (κ1) is 14.2. The van der Waals surface area contributed by atoms with Crippen LogP contribution in [0.3, 0.4) is 0 Å². The van der Waals surface area contributed by atoms with Gasteiger partial charge < -0.3 is 5.11 Å². The van der Waals surface area contributed by atoms with Gasteiger partial charge in [0.2, 0.25) is 0 Å². The molecule has 1 heteroatoms. The van der Waals surface area contributed by atoms with Crippen LogP contribution in [-0.4, -0.2) is 11.7 Å². The molecule has 17 heavy (non-hydrogen) atoms. The molecule has 1 rings (SSSR count). The highest BCUT2D eigenvalue weighted by Crippen LogP contribution is 2.26. The Bertz CT molecular complexity index is 313. The van der Waals surface area contributed by atoms with Crippen LogP contribution < -0.4 is 0 Å². The van der Waals surface area contributed by atoms with Crippen molar-refractivity contribution >= 4 is 0 Å². The zero-order chi connectivity index (χ0) is 12.8. The second-order valence-corrected chi connectivity index (χ2v) is 5.49. The molecule has 0 amide bonds. The second kappa shape index (κ2) is 6.80. The third-order valence-corrected chi connectivity index (χ3v) is 3.57. The van der Waals surface area contributed by atoms with Crippen molar-refractivity contribution < 1.29 is 5.11 Å².